The van der Waals surface area contributed by atoms with Crippen molar-refractivity contribution in [1.29, 1.82) is 0 Å². The number of aromatic nitrogens is 3. The number of anilines is 1. The number of para-hydroxylation sites is 1. The van der Waals surface area contributed by atoms with Crippen LogP contribution in [0.15, 0.2) is 59.5 Å². The van der Waals surface area contributed by atoms with Crippen molar-refractivity contribution in [2.75, 3.05) is 17.2 Å². The van der Waals surface area contributed by atoms with Gasteiger partial charge in [-0.3, -0.25) is 14.4 Å². The zero-order valence-corrected chi connectivity index (χ0v) is 19.0. The number of carbonyl (C=O) groups is 1. The molecule has 0 aliphatic heterocycles. The van der Waals surface area contributed by atoms with Crippen LogP contribution in [-0.4, -0.2) is 33.0 Å². The summed E-state index contributed by atoms with van der Waals surface area (Å²) in [6.07, 6.45) is 0.370. The zero-order valence-electron chi connectivity index (χ0n) is 17.4. The van der Waals surface area contributed by atoms with Crippen molar-refractivity contribution < 1.29 is 9.18 Å². The highest BCUT2D eigenvalue weighted by atomic mass is 32.2. The van der Waals surface area contributed by atoms with Crippen LogP contribution in [0.25, 0.3) is 10.2 Å². The van der Waals surface area contributed by atoms with Gasteiger partial charge in [-0.05, 0) is 56.3 Å². The number of nitrogens with zero attached hydrogens (tertiary/aromatic N) is 4. The summed E-state index contributed by atoms with van der Waals surface area (Å²) in [5.74, 6) is 0.382. The SMILES string of the molecule is Cc1cc(C)n(CCN(C(=O)CCSc2ccc(F)cc2)c2nc3ccccc3s2)n1. The molecule has 2 heterocycles. The molecule has 0 radical (unpaired) electrons. The molecule has 5 nitrogen and oxygen atoms in total. The maximum Gasteiger partial charge on any atom is 0.229 e. The Balaban J connectivity index is 1.48. The van der Waals surface area contributed by atoms with E-state index in [1.54, 1.807) is 28.8 Å². The van der Waals surface area contributed by atoms with Crippen LogP contribution in [-0.2, 0) is 11.3 Å². The normalized spacial score (nSPS) is 11.2. The number of benzene rings is 2. The third-order valence-electron chi connectivity index (χ3n) is 4.85. The van der Waals surface area contributed by atoms with E-state index in [0.717, 1.165) is 26.5 Å². The van der Waals surface area contributed by atoms with Crippen molar-refractivity contribution in [3.63, 3.8) is 0 Å². The van der Waals surface area contributed by atoms with Gasteiger partial charge in [-0.25, -0.2) is 9.37 Å². The average molecular weight is 455 g/mol. The fourth-order valence-corrected chi connectivity index (χ4v) is 5.17. The average Bonchev–Trinajstić information content (AvgIpc) is 3.32. The Morgan fingerprint density at radius 2 is 1.94 bits per heavy atom. The number of rotatable bonds is 8. The van der Waals surface area contributed by atoms with Crippen LogP contribution in [0.4, 0.5) is 9.52 Å². The molecule has 0 fully saturated rings. The van der Waals surface area contributed by atoms with E-state index >= 15 is 0 Å². The monoisotopic (exact) mass is 454 g/mol. The van der Waals surface area contributed by atoms with Gasteiger partial charge < -0.3 is 0 Å². The highest BCUT2D eigenvalue weighted by Crippen LogP contribution is 2.29. The van der Waals surface area contributed by atoms with E-state index in [9.17, 15) is 9.18 Å². The first-order valence-electron chi connectivity index (χ1n) is 10.0. The molecule has 0 N–H and O–H groups in total. The standard InChI is InChI=1S/C23H23FN4OS2/c1-16-15-17(2)28(26-16)13-12-27(23-25-20-5-3-4-6-21(20)31-23)22(29)11-14-30-19-9-7-18(24)8-10-19/h3-10,15H,11-14H2,1-2H3. The van der Waals surface area contributed by atoms with Crippen LogP contribution >= 0.6 is 23.1 Å². The second kappa shape index (κ2) is 9.62. The lowest BCUT2D eigenvalue weighted by Gasteiger charge is -2.20. The van der Waals surface area contributed by atoms with Gasteiger partial charge in [0.1, 0.15) is 5.82 Å². The molecule has 1 amide bonds. The van der Waals surface area contributed by atoms with Gasteiger partial charge in [0.05, 0.1) is 22.5 Å². The van der Waals surface area contributed by atoms with E-state index in [0.29, 0.717) is 30.4 Å². The minimum absolute atomic E-state index is 0.0233. The second-order valence-electron chi connectivity index (χ2n) is 7.21. The first-order chi connectivity index (χ1) is 15.0. The van der Waals surface area contributed by atoms with Gasteiger partial charge in [0, 0.05) is 29.3 Å². The van der Waals surface area contributed by atoms with Crippen molar-refractivity contribution in [2.24, 2.45) is 0 Å². The quantitative estimate of drug-likeness (QED) is 0.332. The fraction of sp³-hybridized carbons (Fsp3) is 0.261. The Labute approximate surface area is 188 Å². The summed E-state index contributed by atoms with van der Waals surface area (Å²) in [6.45, 7) is 5.09. The van der Waals surface area contributed by atoms with Crippen molar-refractivity contribution in [2.45, 2.75) is 31.7 Å². The number of aryl methyl sites for hydroxylation is 2. The molecule has 0 unspecified atom stereocenters. The lowest BCUT2D eigenvalue weighted by Crippen LogP contribution is -2.34. The maximum atomic E-state index is 13.2. The molecule has 4 rings (SSSR count). The zero-order chi connectivity index (χ0) is 21.8. The second-order valence-corrected chi connectivity index (χ2v) is 9.39. The minimum Gasteiger partial charge on any atom is -0.286 e. The molecule has 2 aromatic heterocycles. The van der Waals surface area contributed by atoms with E-state index in [1.165, 1.54) is 23.5 Å². The van der Waals surface area contributed by atoms with Crippen LogP contribution in [0, 0.1) is 19.7 Å². The van der Waals surface area contributed by atoms with Crippen LogP contribution in [0.1, 0.15) is 17.8 Å². The number of halogens is 1. The Bertz CT molecular complexity index is 1150. The van der Waals surface area contributed by atoms with Crippen LogP contribution in [0.5, 0.6) is 0 Å². The Kier molecular flexibility index (Phi) is 6.67. The molecule has 0 bridgehead atoms. The van der Waals surface area contributed by atoms with E-state index in [2.05, 4.69) is 5.10 Å². The van der Waals surface area contributed by atoms with Crippen molar-refractivity contribution in [3.05, 3.63) is 71.8 Å². The highest BCUT2D eigenvalue weighted by Gasteiger charge is 2.20. The molecular weight excluding hydrogens is 431 g/mol. The number of hydrogen-bond donors (Lipinski definition) is 0. The molecule has 31 heavy (non-hydrogen) atoms. The molecule has 0 saturated carbocycles. The lowest BCUT2D eigenvalue weighted by atomic mass is 10.3. The van der Waals surface area contributed by atoms with E-state index in [-0.39, 0.29) is 11.7 Å². The maximum absolute atomic E-state index is 13.2. The summed E-state index contributed by atoms with van der Waals surface area (Å²) < 4.78 is 16.1. The predicted octanol–water partition coefficient (Wildman–Crippen LogP) is 5.46. The summed E-state index contributed by atoms with van der Waals surface area (Å²) in [6, 6.07) is 16.3. The molecule has 2 aromatic carbocycles. The predicted molar refractivity (Wildman–Crippen MR) is 125 cm³/mol. The van der Waals surface area contributed by atoms with Crippen LogP contribution in [0.3, 0.4) is 0 Å². The molecule has 8 heteroatoms. The molecule has 4 aromatic rings. The summed E-state index contributed by atoms with van der Waals surface area (Å²) in [4.78, 5) is 20.6. The van der Waals surface area contributed by atoms with Gasteiger partial charge in [0.2, 0.25) is 5.91 Å². The van der Waals surface area contributed by atoms with Crippen molar-refractivity contribution >= 4 is 44.4 Å². The topological polar surface area (TPSA) is 51.0 Å². The molecule has 0 aliphatic carbocycles. The minimum atomic E-state index is -0.258. The largest absolute Gasteiger partial charge is 0.286 e. The summed E-state index contributed by atoms with van der Waals surface area (Å²) in [7, 11) is 0. The third kappa shape index (κ3) is 5.32. The number of thioether (sulfide) groups is 1. The Morgan fingerprint density at radius 3 is 2.65 bits per heavy atom. The third-order valence-corrected chi connectivity index (χ3v) is 6.92. The van der Waals surface area contributed by atoms with Gasteiger partial charge in [-0.15, -0.1) is 11.8 Å². The van der Waals surface area contributed by atoms with Crippen molar-refractivity contribution in [3.8, 4) is 0 Å². The first kappa shape index (κ1) is 21.5. The van der Waals surface area contributed by atoms with Gasteiger partial charge in [0.15, 0.2) is 5.13 Å². The molecule has 0 saturated heterocycles. The van der Waals surface area contributed by atoms with Crippen molar-refractivity contribution in [1.82, 2.24) is 14.8 Å². The lowest BCUT2D eigenvalue weighted by molar-refractivity contribution is -0.118. The van der Waals surface area contributed by atoms with E-state index in [4.69, 9.17) is 4.98 Å². The first-order valence-corrected chi connectivity index (χ1v) is 11.8. The van der Waals surface area contributed by atoms with Crippen LogP contribution < -0.4 is 4.90 Å². The summed E-state index contributed by atoms with van der Waals surface area (Å²) in [5, 5.41) is 5.22. The number of thiazole rings is 1. The highest BCUT2D eigenvalue weighted by molar-refractivity contribution is 7.99. The number of hydrogen-bond acceptors (Lipinski definition) is 5. The Hall–Kier alpha value is -2.71. The Morgan fingerprint density at radius 1 is 1.16 bits per heavy atom. The fourth-order valence-electron chi connectivity index (χ4n) is 3.32. The van der Waals surface area contributed by atoms with Gasteiger partial charge in [-0.2, -0.15) is 5.10 Å². The number of carbonyl (C=O) groups excluding carboxylic acids is 1. The van der Waals surface area contributed by atoms with E-state index < -0.39 is 0 Å². The molecule has 160 valence electrons. The van der Waals surface area contributed by atoms with Gasteiger partial charge in [0.25, 0.3) is 0 Å². The molecule has 0 atom stereocenters. The number of fused-ring (bicyclic) bond motifs is 1. The molecular formula is C23H23FN4OS2. The smallest absolute Gasteiger partial charge is 0.229 e. The van der Waals surface area contributed by atoms with Gasteiger partial charge >= 0.3 is 0 Å². The molecule has 0 spiro atoms. The summed E-state index contributed by atoms with van der Waals surface area (Å²) >= 11 is 3.07. The number of amides is 1. The summed E-state index contributed by atoms with van der Waals surface area (Å²) in [5.41, 5.74) is 2.93. The van der Waals surface area contributed by atoms with E-state index in [1.807, 2.05) is 48.9 Å². The van der Waals surface area contributed by atoms with Gasteiger partial charge in [-0.1, -0.05) is 23.5 Å². The molecule has 0 aliphatic rings. The van der Waals surface area contributed by atoms with Crippen LogP contribution in [0.2, 0.25) is 0 Å².